The number of hydrazine groups is 1. The van der Waals surface area contributed by atoms with Crippen LogP contribution >= 0.6 is 23.4 Å². The van der Waals surface area contributed by atoms with Crippen LogP contribution in [0.5, 0.6) is 0 Å². The number of aromatic nitrogens is 2. The van der Waals surface area contributed by atoms with Crippen LogP contribution in [0.2, 0.25) is 5.02 Å². The number of H-pyrrole nitrogens is 1. The number of thioether (sulfide) groups is 1. The summed E-state index contributed by atoms with van der Waals surface area (Å²) in [5.74, 6) is 0.555. The van der Waals surface area contributed by atoms with Gasteiger partial charge in [0, 0.05) is 16.3 Å². The van der Waals surface area contributed by atoms with E-state index in [4.69, 9.17) is 11.6 Å². The summed E-state index contributed by atoms with van der Waals surface area (Å²) in [4.78, 5) is 20.1. The van der Waals surface area contributed by atoms with Crippen LogP contribution in [-0.4, -0.2) is 15.9 Å². The summed E-state index contributed by atoms with van der Waals surface area (Å²) >= 11 is 7.56. The lowest BCUT2D eigenvalue weighted by Crippen LogP contribution is -2.29. The molecule has 0 fully saturated rings. The van der Waals surface area contributed by atoms with Crippen LogP contribution in [0.3, 0.4) is 0 Å². The van der Waals surface area contributed by atoms with Crippen LogP contribution in [0.4, 0.5) is 5.69 Å². The first kappa shape index (κ1) is 18.4. The van der Waals surface area contributed by atoms with E-state index in [1.807, 2.05) is 60.7 Å². The van der Waals surface area contributed by atoms with E-state index in [2.05, 4.69) is 20.8 Å². The molecule has 0 unspecified atom stereocenters. The van der Waals surface area contributed by atoms with E-state index in [0.717, 1.165) is 33.2 Å². The molecule has 3 aromatic carbocycles. The third-order valence-corrected chi connectivity index (χ3v) is 5.28. The van der Waals surface area contributed by atoms with Gasteiger partial charge in [0.1, 0.15) is 0 Å². The van der Waals surface area contributed by atoms with Crippen LogP contribution < -0.4 is 10.9 Å². The van der Waals surface area contributed by atoms with Crippen LogP contribution in [0, 0.1) is 0 Å². The van der Waals surface area contributed by atoms with Gasteiger partial charge in [0.05, 0.1) is 16.7 Å². The highest BCUT2D eigenvalue weighted by atomic mass is 35.5. The van der Waals surface area contributed by atoms with Gasteiger partial charge in [0.15, 0.2) is 5.16 Å². The van der Waals surface area contributed by atoms with Gasteiger partial charge in [-0.3, -0.25) is 15.6 Å². The number of nitrogens with zero attached hydrogens (tertiary/aromatic N) is 1. The quantitative estimate of drug-likeness (QED) is 0.300. The number of hydrogen-bond donors (Lipinski definition) is 3. The number of carbonyl (C=O) groups is 1. The number of rotatable bonds is 6. The summed E-state index contributed by atoms with van der Waals surface area (Å²) in [6.07, 6.45) is 0. The number of hydrogen-bond acceptors (Lipinski definition) is 4. The zero-order valence-electron chi connectivity index (χ0n) is 14.8. The number of nitrogens with one attached hydrogen (secondary N) is 3. The van der Waals surface area contributed by atoms with Crippen molar-refractivity contribution in [3.63, 3.8) is 0 Å². The molecule has 1 heterocycles. The molecule has 0 aliphatic heterocycles. The minimum Gasteiger partial charge on any atom is -0.333 e. The standard InChI is InChI=1S/C21H17ClN4OS/c22-16-4-3-5-17(12-16)25-26-20(27)15-10-8-14(9-11-15)13-28-21-23-18-6-1-2-7-19(18)24-21/h1-12,25H,13H2,(H,23,24)(H,26,27). The first-order chi connectivity index (χ1) is 13.7. The minimum absolute atomic E-state index is 0.212. The highest BCUT2D eigenvalue weighted by Gasteiger charge is 2.07. The van der Waals surface area contributed by atoms with Crippen molar-refractivity contribution in [2.45, 2.75) is 10.9 Å². The molecule has 1 amide bonds. The Labute approximate surface area is 171 Å². The van der Waals surface area contributed by atoms with Gasteiger partial charge in [-0.15, -0.1) is 0 Å². The highest BCUT2D eigenvalue weighted by molar-refractivity contribution is 7.98. The molecule has 3 N–H and O–H groups in total. The van der Waals surface area contributed by atoms with Crippen LogP contribution in [-0.2, 0) is 5.75 Å². The number of imidazole rings is 1. The Hall–Kier alpha value is -2.96. The van der Waals surface area contributed by atoms with E-state index in [9.17, 15) is 4.79 Å². The van der Waals surface area contributed by atoms with Gasteiger partial charge >= 0.3 is 0 Å². The molecule has 4 rings (SSSR count). The zero-order valence-corrected chi connectivity index (χ0v) is 16.3. The van der Waals surface area contributed by atoms with Crippen molar-refractivity contribution in [3.05, 3.63) is 88.9 Å². The summed E-state index contributed by atoms with van der Waals surface area (Å²) in [6.45, 7) is 0. The van der Waals surface area contributed by atoms with Crippen LogP contribution in [0.1, 0.15) is 15.9 Å². The first-order valence-corrected chi connectivity index (χ1v) is 10.0. The third-order valence-electron chi connectivity index (χ3n) is 4.10. The van der Waals surface area contributed by atoms with E-state index in [1.54, 1.807) is 23.9 Å². The number of para-hydroxylation sites is 2. The fourth-order valence-electron chi connectivity index (χ4n) is 2.67. The smallest absolute Gasteiger partial charge is 0.269 e. The largest absolute Gasteiger partial charge is 0.333 e. The maximum Gasteiger partial charge on any atom is 0.269 e. The zero-order chi connectivity index (χ0) is 19.3. The highest BCUT2D eigenvalue weighted by Crippen LogP contribution is 2.23. The van der Waals surface area contributed by atoms with Crippen molar-refractivity contribution in [1.82, 2.24) is 15.4 Å². The minimum atomic E-state index is -0.212. The van der Waals surface area contributed by atoms with Crippen molar-refractivity contribution in [2.75, 3.05) is 5.43 Å². The molecule has 28 heavy (non-hydrogen) atoms. The molecule has 0 radical (unpaired) electrons. The first-order valence-electron chi connectivity index (χ1n) is 8.66. The number of halogens is 1. The topological polar surface area (TPSA) is 69.8 Å². The number of fused-ring (bicyclic) bond motifs is 1. The normalized spacial score (nSPS) is 10.8. The predicted octanol–water partition coefficient (Wildman–Crippen LogP) is 5.27. The Morgan fingerprint density at radius 1 is 1.04 bits per heavy atom. The van der Waals surface area contributed by atoms with Crippen molar-refractivity contribution in [3.8, 4) is 0 Å². The predicted molar refractivity (Wildman–Crippen MR) is 115 cm³/mol. The average Bonchev–Trinajstić information content (AvgIpc) is 3.14. The Morgan fingerprint density at radius 2 is 1.86 bits per heavy atom. The van der Waals surface area contributed by atoms with Crippen molar-refractivity contribution < 1.29 is 4.79 Å². The molecule has 0 aliphatic carbocycles. The summed E-state index contributed by atoms with van der Waals surface area (Å²) in [6, 6.07) is 22.6. The van der Waals surface area contributed by atoms with E-state index in [-0.39, 0.29) is 5.91 Å². The molecule has 0 saturated heterocycles. The Morgan fingerprint density at radius 3 is 2.64 bits per heavy atom. The SMILES string of the molecule is O=C(NNc1cccc(Cl)c1)c1ccc(CSc2nc3ccccc3[nH]2)cc1. The molecule has 0 aliphatic rings. The lowest BCUT2D eigenvalue weighted by Gasteiger charge is -2.09. The molecule has 0 bridgehead atoms. The Bertz CT molecular complexity index is 1080. The van der Waals surface area contributed by atoms with Gasteiger partial charge in [-0.2, -0.15) is 0 Å². The molecule has 0 spiro atoms. The van der Waals surface area contributed by atoms with Gasteiger partial charge in [0.2, 0.25) is 0 Å². The van der Waals surface area contributed by atoms with Gasteiger partial charge in [-0.25, -0.2) is 4.98 Å². The summed E-state index contributed by atoms with van der Waals surface area (Å²) in [7, 11) is 0. The van der Waals surface area contributed by atoms with Gasteiger partial charge in [-0.1, -0.05) is 53.7 Å². The fourth-order valence-corrected chi connectivity index (χ4v) is 3.70. The fraction of sp³-hybridized carbons (Fsp3) is 0.0476. The van der Waals surface area contributed by atoms with Gasteiger partial charge in [0.25, 0.3) is 5.91 Å². The maximum atomic E-state index is 12.3. The van der Waals surface area contributed by atoms with Crippen LogP contribution in [0.15, 0.2) is 78.0 Å². The summed E-state index contributed by atoms with van der Waals surface area (Å²) in [5, 5.41) is 1.49. The number of benzene rings is 3. The van der Waals surface area contributed by atoms with E-state index in [0.29, 0.717) is 10.6 Å². The third kappa shape index (κ3) is 4.47. The maximum absolute atomic E-state index is 12.3. The molecule has 1 aromatic heterocycles. The number of amides is 1. The average molecular weight is 409 g/mol. The molecule has 0 atom stereocenters. The monoisotopic (exact) mass is 408 g/mol. The second-order valence-electron chi connectivity index (χ2n) is 6.13. The molecule has 4 aromatic rings. The van der Waals surface area contributed by atoms with Crippen molar-refractivity contribution in [1.29, 1.82) is 0 Å². The summed E-state index contributed by atoms with van der Waals surface area (Å²) < 4.78 is 0. The Balaban J connectivity index is 1.33. The molecule has 5 nitrogen and oxygen atoms in total. The number of carbonyl (C=O) groups excluding carboxylic acids is 1. The second kappa shape index (κ2) is 8.37. The lowest BCUT2D eigenvalue weighted by atomic mass is 10.1. The lowest BCUT2D eigenvalue weighted by molar-refractivity contribution is 0.0962. The van der Waals surface area contributed by atoms with E-state index in [1.165, 1.54) is 0 Å². The van der Waals surface area contributed by atoms with E-state index >= 15 is 0 Å². The number of anilines is 1. The molecule has 0 saturated carbocycles. The van der Waals surface area contributed by atoms with Crippen molar-refractivity contribution >= 4 is 46.0 Å². The van der Waals surface area contributed by atoms with Gasteiger partial charge in [-0.05, 0) is 48.0 Å². The summed E-state index contributed by atoms with van der Waals surface area (Å²) in [5.41, 5.74) is 9.93. The Kier molecular flexibility index (Phi) is 5.50. The van der Waals surface area contributed by atoms with Crippen LogP contribution in [0.25, 0.3) is 11.0 Å². The second-order valence-corrected chi connectivity index (χ2v) is 7.53. The van der Waals surface area contributed by atoms with Crippen molar-refractivity contribution in [2.24, 2.45) is 0 Å². The number of aromatic amines is 1. The van der Waals surface area contributed by atoms with Gasteiger partial charge < -0.3 is 4.98 Å². The molecular formula is C21H17ClN4OS. The molecule has 140 valence electrons. The molecular weight excluding hydrogens is 392 g/mol. The molecule has 7 heteroatoms. The van der Waals surface area contributed by atoms with E-state index < -0.39 is 0 Å².